The topological polar surface area (TPSA) is 43.9 Å². The fourth-order valence-electron chi connectivity index (χ4n) is 6.65. The number of hydrogen-bond acceptors (Lipinski definition) is 3. The molecule has 2 fully saturated rings. The van der Waals surface area contributed by atoms with Crippen molar-refractivity contribution in [3.63, 3.8) is 0 Å². The van der Waals surface area contributed by atoms with E-state index in [0.717, 1.165) is 24.0 Å². The van der Waals surface area contributed by atoms with E-state index >= 15 is 0 Å². The molecule has 4 rings (SSSR count). The number of likely N-dealkylation sites (tertiary alicyclic amines) is 2. The van der Waals surface area contributed by atoms with Crippen molar-refractivity contribution < 1.29 is 35.9 Å². The molecule has 2 aromatic carbocycles. The summed E-state index contributed by atoms with van der Waals surface area (Å²) >= 11 is 0. The van der Waals surface area contributed by atoms with Crippen LogP contribution in [-0.2, 0) is 27.4 Å². The second-order valence-electron chi connectivity index (χ2n) is 12.4. The van der Waals surface area contributed by atoms with Crippen LogP contribution in [0.15, 0.2) is 42.5 Å². The van der Waals surface area contributed by atoms with Crippen molar-refractivity contribution >= 4 is 11.8 Å². The van der Waals surface area contributed by atoms with E-state index in [0.29, 0.717) is 44.7 Å². The van der Waals surface area contributed by atoms with Gasteiger partial charge in [-0.3, -0.25) is 14.5 Å². The van der Waals surface area contributed by atoms with E-state index in [1.54, 1.807) is 14.0 Å². The van der Waals surface area contributed by atoms with Gasteiger partial charge in [-0.05, 0) is 74.9 Å². The van der Waals surface area contributed by atoms with Crippen LogP contribution in [0.3, 0.4) is 0 Å². The highest BCUT2D eigenvalue weighted by molar-refractivity contribution is 5.87. The van der Waals surface area contributed by atoms with Crippen LogP contribution >= 0.6 is 0 Å². The average molecular weight is 612 g/mol. The van der Waals surface area contributed by atoms with E-state index < -0.39 is 34.8 Å². The molecule has 0 saturated carbocycles. The molecule has 0 unspecified atom stereocenters. The number of alkyl halides is 6. The highest BCUT2D eigenvalue weighted by Gasteiger charge is 2.44. The molecular formula is C32H39F6N3O2. The van der Waals surface area contributed by atoms with Crippen LogP contribution in [0.1, 0.15) is 73.8 Å². The number of carbonyl (C=O) groups excluding carboxylic acids is 2. The number of hydrogen-bond donors (Lipinski definition) is 0. The Bertz CT molecular complexity index is 1300. The smallest absolute Gasteiger partial charge is 0.343 e. The van der Waals surface area contributed by atoms with Crippen LogP contribution in [0.25, 0.3) is 0 Å². The van der Waals surface area contributed by atoms with Gasteiger partial charge in [0.25, 0.3) is 0 Å². The van der Waals surface area contributed by atoms with E-state index in [1.807, 2.05) is 36.1 Å². The van der Waals surface area contributed by atoms with Gasteiger partial charge >= 0.3 is 12.4 Å². The molecule has 0 bridgehead atoms. The molecule has 0 N–H and O–H groups in total. The van der Waals surface area contributed by atoms with Gasteiger partial charge in [0.2, 0.25) is 11.8 Å². The predicted molar refractivity (Wildman–Crippen MR) is 151 cm³/mol. The fourth-order valence-corrected chi connectivity index (χ4v) is 6.65. The summed E-state index contributed by atoms with van der Waals surface area (Å²) in [5.41, 5.74) is -2.80. The van der Waals surface area contributed by atoms with Gasteiger partial charge in [-0.25, -0.2) is 0 Å². The third kappa shape index (κ3) is 7.02. The number of amides is 2. The first-order valence-corrected chi connectivity index (χ1v) is 14.5. The molecule has 43 heavy (non-hydrogen) atoms. The minimum Gasteiger partial charge on any atom is -0.343 e. The van der Waals surface area contributed by atoms with Gasteiger partial charge in [-0.1, -0.05) is 24.3 Å². The molecule has 11 heteroatoms. The van der Waals surface area contributed by atoms with Crippen molar-refractivity contribution in [2.45, 2.75) is 82.7 Å². The lowest BCUT2D eigenvalue weighted by molar-refractivity contribution is -0.144. The first kappa shape index (κ1) is 32.8. The molecule has 0 aromatic heterocycles. The largest absolute Gasteiger partial charge is 0.416 e. The molecule has 5 nitrogen and oxygen atoms in total. The van der Waals surface area contributed by atoms with Crippen LogP contribution < -0.4 is 0 Å². The average Bonchev–Trinajstić information content (AvgIpc) is 2.95. The Labute approximate surface area is 248 Å². The molecule has 2 saturated heterocycles. The third-order valence-corrected chi connectivity index (χ3v) is 9.28. The number of nitrogens with zero attached hydrogens (tertiary/aromatic N) is 3. The van der Waals surface area contributed by atoms with Crippen molar-refractivity contribution in [3.8, 4) is 0 Å². The summed E-state index contributed by atoms with van der Waals surface area (Å²) < 4.78 is 81.7. The monoisotopic (exact) mass is 611 g/mol. The van der Waals surface area contributed by atoms with Crippen molar-refractivity contribution in [1.82, 2.24) is 14.7 Å². The van der Waals surface area contributed by atoms with Gasteiger partial charge in [0, 0.05) is 58.2 Å². The second kappa shape index (κ2) is 12.1. The number of carbonyl (C=O) groups is 2. The molecule has 2 amide bonds. The minimum atomic E-state index is -5.01. The fraction of sp³-hybridized carbons (Fsp3) is 0.562. The maximum atomic E-state index is 14.0. The van der Waals surface area contributed by atoms with Crippen LogP contribution in [-0.4, -0.2) is 71.8 Å². The van der Waals surface area contributed by atoms with Crippen LogP contribution in [0.4, 0.5) is 26.3 Å². The van der Waals surface area contributed by atoms with Crippen LogP contribution in [0.5, 0.6) is 0 Å². The van der Waals surface area contributed by atoms with E-state index in [9.17, 15) is 35.9 Å². The van der Waals surface area contributed by atoms with Gasteiger partial charge in [-0.2, -0.15) is 26.3 Å². The van der Waals surface area contributed by atoms with Gasteiger partial charge in [0.05, 0.1) is 16.5 Å². The second-order valence-corrected chi connectivity index (χ2v) is 12.4. The zero-order valence-electron chi connectivity index (χ0n) is 25.1. The molecule has 2 atom stereocenters. The van der Waals surface area contributed by atoms with Crippen molar-refractivity contribution in [3.05, 3.63) is 70.3 Å². The molecule has 0 aliphatic carbocycles. The Morgan fingerprint density at radius 2 is 1.37 bits per heavy atom. The molecular weight excluding hydrogens is 572 g/mol. The van der Waals surface area contributed by atoms with Crippen molar-refractivity contribution in [1.29, 1.82) is 0 Å². The first-order chi connectivity index (χ1) is 19.9. The standard InChI is InChI=1S/C32H39F6N3O2/c1-20-8-6-7-9-26(20)27-19-41(25-10-13-40(14-11-25)21(2)42)15-12-28(27)39(5)29(43)30(3,4)22-16-23(31(33,34)35)18-24(17-22)32(36,37)38/h6-9,16-18,25,27-28H,10-15,19H2,1-5H3/t27-,28+/m0/s1. The molecule has 0 spiro atoms. The quantitative estimate of drug-likeness (QED) is 0.357. The van der Waals surface area contributed by atoms with Crippen molar-refractivity contribution in [2.75, 3.05) is 33.2 Å². The number of rotatable bonds is 5. The Balaban J connectivity index is 1.64. The number of benzene rings is 2. The summed E-state index contributed by atoms with van der Waals surface area (Å²) in [5.74, 6) is -0.620. The van der Waals surface area contributed by atoms with E-state index in [-0.39, 0.29) is 35.5 Å². The van der Waals surface area contributed by atoms with E-state index in [4.69, 9.17) is 0 Å². The lowest BCUT2D eigenvalue weighted by Crippen LogP contribution is -2.56. The number of likely N-dealkylation sites (N-methyl/N-ethyl adjacent to an activating group) is 1. The van der Waals surface area contributed by atoms with E-state index in [2.05, 4.69) is 4.90 Å². The third-order valence-electron chi connectivity index (χ3n) is 9.28. The van der Waals surface area contributed by atoms with Gasteiger partial charge < -0.3 is 9.80 Å². The highest BCUT2D eigenvalue weighted by Crippen LogP contribution is 2.41. The number of piperidine rings is 2. The van der Waals surface area contributed by atoms with Gasteiger partial charge in [0.15, 0.2) is 0 Å². The summed E-state index contributed by atoms with van der Waals surface area (Å²) in [5, 5.41) is 0. The molecule has 2 heterocycles. The zero-order valence-corrected chi connectivity index (χ0v) is 25.1. The van der Waals surface area contributed by atoms with Crippen LogP contribution in [0, 0.1) is 6.92 Å². The molecule has 2 aliphatic rings. The van der Waals surface area contributed by atoms with Gasteiger partial charge in [-0.15, -0.1) is 0 Å². The van der Waals surface area contributed by atoms with E-state index in [1.165, 1.54) is 18.7 Å². The molecule has 2 aromatic rings. The van der Waals surface area contributed by atoms with Crippen LogP contribution in [0.2, 0.25) is 0 Å². The summed E-state index contributed by atoms with van der Waals surface area (Å²) in [6, 6.07) is 9.18. The summed E-state index contributed by atoms with van der Waals surface area (Å²) in [7, 11) is 1.60. The summed E-state index contributed by atoms with van der Waals surface area (Å²) in [6.07, 6.45) is -7.76. The molecule has 0 radical (unpaired) electrons. The lowest BCUT2D eigenvalue weighted by atomic mass is 9.78. The summed E-state index contributed by atoms with van der Waals surface area (Å²) in [6.45, 7) is 8.99. The summed E-state index contributed by atoms with van der Waals surface area (Å²) in [4.78, 5) is 31.6. The lowest BCUT2D eigenvalue weighted by Gasteiger charge is -2.48. The Kier molecular flexibility index (Phi) is 9.26. The molecule has 2 aliphatic heterocycles. The zero-order chi connectivity index (χ0) is 31.9. The SMILES string of the molecule is CC(=O)N1CCC(N2CC[C@@H](N(C)C(=O)C(C)(C)c3cc(C(F)(F)F)cc(C(F)(F)F)c3)[C@H](c3ccccc3C)C2)CC1. The Morgan fingerprint density at radius 1 is 0.837 bits per heavy atom. The van der Waals surface area contributed by atoms with Crippen molar-refractivity contribution in [2.24, 2.45) is 0 Å². The maximum absolute atomic E-state index is 14.0. The number of halogens is 6. The predicted octanol–water partition coefficient (Wildman–Crippen LogP) is 6.64. The maximum Gasteiger partial charge on any atom is 0.416 e. The Hall–Kier alpha value is -3.08. The highest BCUT2D eigenvalue weighted by atomic mass is 19.4. The van der Waals surface area contributed by atoms with Gasteiger partial charge in [0.1, 0.15) is 0 Å². The Morgan fingerprint density at radius 3 is 1.88 bits per heavy atom. The normalized spacial score (nSPS) is 21.1. The molecule has 236 valence electrons. The first-order valence-electron chi connectivity index (χ1n) is 14.5. The minimum absolute atomic E-state index is 0.0563. The number of aryl methyl sites for hydroxylation is 1.